The van der Waals surface area contributed by atoms with E-state index in [0.717, 1.165) is 22.3 Å². The van der Waals surface area contributed by atoms with Crippen LogP contribution in [0.5, 0.6) is 0 Å². The molecule has 0 saturated carbocycles. The van der Waals surface area contributed by atoms with E-state index in [4.69, 9.17) is 9.84 Å². The highest BCUT2D eigenvalue weighted by Gasteiger charge is 2.29. The molecule has 3 amide bonds. The molecule has 1 aromatic heterocycles. The molecule has 0 fully saturated rings. The van der Waals surface area contributed by atoms with Crippen molar-refractivity contribution in [2.75, 3.05) is 25.0 Å². The lowest BCUT2D eigenvalue weighted by Crippen LogP contribution is -2.39. The number of hydrogen-bond donors (Lipinski definition) is 4. The third kappa shape index (κ3) is 5.29. The zero-order valence-corrected chi connectivity index (χ0v) is 18.8. The van der Waals surface area contributed by atoms with Crippen molar-refractivity contribution in [3.8, 4) is 11.1 Å². The molecule has 3 aromatic rings. The topological polar surface area (TPSA) is 152 Å². The molecule has 0 saturated heterocycles. The number of benzene rings is 2. The molecule has 4 rings (SSSR count). The summed E-state index contributed by atoms with van der Waals surface area (Å²) in [5, 5.41) is 19.6. The summed E-state index contributed by atoms with van der Waals surface area (Å²) in [5.74, 6) is -2.46. The van der Waals surface area contributed by atoms with Crippen molar-refractivity contribution in [3.05, 3.63) is 71.4 Å². The number of fused-ring (bicyclic) bond motifs is 3. The van der Waals surface area contributed by atoms with E-state index < -0.39 is 37.0 Å². The molecule has 1 aliphatic rings. The quantitative estimate of drug-likeness (QED) is 0.385. The summed E-state index contributed by atoms with van der Waals surface area (Å²) in [5.41, 5.74) is 4.50. The number of ether oxygens (including phenoxy) is 1. The Kier molecular flexibility index (Phi) is 6.76. The van der Waals surface area contributed by atoms with E-state index in [0.29, 0.717) is 0 Å². The van der Waals surface area contributed by atoms with Crippen LogP contribution in [0.2, 0.25) is 0 Å². The average molecular weight is 477 g/mol. The highest BCUT2D eigenvalue weighted by molar-refractivity contribution is 5.96. The number of carbonyl (C=O) groups excluding carboxylic acids is 3. The molecule has 35 heavy (non-hydrogen) atoms. The lowest BCUT2D eigenvalue weighted by molar-refractivity contribution is -0.137. The molecule has 11 nitrogen and oxygen atoms in total. The van der Waals surface area contributed by atoms with Gasteiger partial charge in [0.15, 0.2) is 5.82 Å². The Morgan fingerprint density at radius 1 is 0.971 bits per heavy atom. The number of hydrogen-bond acceptors (Lipinski definition) is 6. The Labute approximate surface area is 200 Å². The van der Waals surface area contributed by atoms with Crippen molar-refractivity contribution in [1.82, 2.24) is 20.4 Å². The maximum atomic E-state index is 12.4. The molecular formula is C24H23N5O6. The zero-order valence-electron chi connectivity index (χ0n) is 18.8. The highest BCUT2D eigenvalue weighted by atomic mass is 16.5. The van der Waals surface area contributed by atoms with Gasteiger partial charge < -0.3 is 20.5 Å². The number of aromatic nitrogens is 2. The molecule has 2 aromatic carbocycles. The summed E-state index contributed by atoms with van der Waals surface area (Å²) in [6, 6.07) is 17.3. The summed E-state index contributed by atoms with van der Waals surface area (Å²) >= 11 is 0. The van der Waals surface area contributed by atoms with Gasteiger partial charge in [-0.25, -0.2) is 4.79 Å². The summed E-state index contributed by atoms with van der Waals surface area (Å²) in [6.45, 7) is -0.827. The van der Waals surface area contributed by atoms with E-state index in [1.807, 2.05) is 48.5 Å². The van der Waals surface area contributed by atoms with E-state index in [-0.39, 0.29) is 24.0 Å². The van der Waals surface area contributed by atoms with Crippen LogP contribution in [0.25, 0.3) is 11.1 Å². The van der Waals surface area contributed by atoms with Gasteiger partial charge >= 0.3 is 12.1 Å². The molecule has 11 heteroatoms. The van der Waals surface area contributed by atoms with Crippen LogP contribution >= 0.6 is 0 Å². The molecule has 0 aliphatic heterocycles. The van der Waals surface area contributed by atoms with Crippen LogP contribution in [0.1, 0.15) is 27.5 Å². The van der Waals surface area contributed by atoms with Crippen molar-refractivity contribution in [2.45, 2.75) is 5.92 Å². The van der Waals surface area contributed by atoms with Crippen LogP contribution in [-0.2, 0) is 21.4 Å². The Hall–Kier alpha value is -4.67. The molecule has 0 spiro atoms. The Morgan fingerprint density at radius 3 is 2.23 bits per heavy atom. The smallest absolute Gasteiger partial charge is 0.412 e. The minimum atomic E-state index is -1.19. The van der Waals surface area contributed by atoms with Crippen LogP contribution in [0, 0.1) is 0 Å². The van der Waals surface area contributed by atoms with Gasteiger partial charge in [-0.15, -0.1) is 0 Å². The van der Waals surface area contributed by atoms with Crippen molar-refractivity contribution in [3.63, 3.8) is 0 Å². The second-order valence-corrected chi connectivity index (χ2v) is 7.84. The van der Waals surface area contributed by atoms with Gasteiger partial charge in [0.05, 0.1) is 6.54 Å². The average Bonchev–Trinajstić information content (AvgIpc) is 3.37. The van der Waals surface area contributed by atoms with E-state index >= 15 is 0 Å². The third-order valence-corrected chi connectivity index (χ3v) is 5.53. The standard InChI is InChI=1S/C24H23N5O6/c1-29-19(23(33)26-11-21(30)25-12-22(31)32)10-20(28-29)27-24(34)35-13-18-16-8-4-2-6-14(16)15-7-3-5-9-17(15)18/h2-10,18H,11-13H2,1H3,(H,25,30)(H,26,33)(H,31,32)(H,27,28,34). The first-order chi connectivity index (χ1) is 16.8. The van der Waals surface area contributed by atoms with E-state index in [9.17, 15) is 19.2 Å². The van der Waals surface area contributed by atoms with Crippen molar-refractivity contribution >= 4 is 29.7 Å². The maximum absolute atomic E-state index is 12.4. The molecule has 0 atom stereocenters. The first-order valence-electron chi connectivity index (χ1n) is 10.8. The Bertz CT molecular complexity index is 1260. The molecule has 0 unspecified atom stereocenters. The second-order valence-electron chi connectivity index (χ2n) is 7.84. The number of carboxylic acids is 1. The van der Waals surface area contributed by atoms with Crippen LogP contribution in [0.4, 0.5) is 10.6 Å². The highest BCUT2D eigenvalue weighted by Crippen LogP contribution is 2.44. The van der Waals surface area contributed by atoms with Gasteiger partial charge in [-0.1, -0.05) is 48.5 Å². The number of anilines is 1. The van der Waals surface area contributed by atoms with Crippen LogP contribution in [-0.4, -0.2) is 58.5 Å². The number of amides is 3. The summed E-state index contributed by atoms with van der Waals surface area (Å²) in [6.07, 6.45) is -0.718. The van der Waals surface area contributed by atoms with Gasteiger partial charge in [0, 0.05) is 19.0 Å². The zero-order chi connectivity index (χ0) is 24.9. The molecule has 1 heterocycles. The minimum Gasteiger partial charge on any atom is -0.480 e. The molecular weight excluding hydrogens is 454 g/mol. The normalized spacial score (nSPS) is 11.8. The number of carboxylic acid groups (broad SMARTS) is 1. The monoisotopic (exact) mass is 477 g/mol. The fraction of sp³-hybridized carbons (Fsp3) is 0.208. The summed E-state index contributed by atoms with van der Waals surface area (Å²) < 4.78 is 6.72. The fourth-order valence-corrected chi connectivity index (χ4v) is 3.97. The number of nitrogens with one attached hydrogen (secondary N) is 3. The van der Waals surface area contributed by atoms with E-state index in [2.05, 4.69) is 21.0 Å². The van der Waals surface area contributed by atoms with Gasteiger partial charge in [-0.3, -0.25) is 24.4 Å². The third-order valence-electron chi connectivity index (χ3n) is 5.53. The van der Waals surface area contributed by atoms with Crippen molar-refractivity contribution in [1.29, 1.82) is 0 Å². The summed E-state index contributed by atoms with van der Waals surface area (Å²) in [4.78, 5) is 46.8. The minimum absolute atomic E-state index is 0.0879. The van der Waals surface area contributed by atoms with Crippen LogP contribution < -0.4 is 16.0 Å². The molecule has 0 bridgehead atoms. The van der Waals surface area contributed by atoms with Crippen molar-refractivity contribution in [2.24, 2.45) is 7.05 Å². The first kappa shape index (κ1) is 23.5. The number of nitrogens with zero attached hydrogens (tertiary/aromatic N) is 2. The molecule has 180 valence electrons. The van der Waals surface area contributed by atoms with Gasteiger partial charge in [0.2, 0.25) is 5.91 Å². The molecule has 4 N–H and O–H groups in total. The predicted octanol–water partition coefficient (Wildman–Crippen LogP) is 1.71. The number of rotatable bonds is 8. The van der Waals surface area contributed by atoms with Gasteiger partial charge in [0.1, 0.15) is 18.8 Å². The Balaban J connectivity index is 1.33. The largest absolute Gasteiger partial charge is 0.480 e. The van der Waals surface area contributed by atoms with Crippen LogP contribution in [0.3, 0.4) is 0 Å². The fourth-order valence-electron chi connectivity index (χ4n) is 3.97. The Morgan fingerprint density at radius 2 is 1.60 bits per heavy atom. The van der Waals surface area contributed by atoms with E-state index in [1.165, 1.54) is 17.8 Å². The second kappa shape index (κ2) is 10.1. The van der Waals surface area contributed by atoms with Gasteiger partial charge in [-0.05, 0) is 22.3 Å². The van der Waals surface area contributed by atoms with Crippen LogP contribution in [0.15, 0.2) is 54.6 Å². The van der Waals surface area contributed by atoms with Crippen molar-refractivity contribution < 1.29 is 29.0 Å². The predicted molar refractivity (Wildman–Crippen MR) is 125 cm³/mol. The van der Waals surface area contributed by atoms with Gasteiger partial charge in [0.25, 0.3) is 5.91 Å². The first-order valence-corrected chi connectivity index (χ1v) is 10.8. The molecule has 1 aliphatic carbocycles. The molecule has 0 radical (unpaired) electrons. The van der Waals surface area contributed by atoms with Gasteiger partial charge in [-0.2, -0.15) is 5.10 Å². The number of aryl methyl sites for hydroxylation is 1. The lowest BCUT2D eigenvalue weighted by Gasteiger charge is -2.14. The number of aliphatic carboxylic acids is 1. The summed E-state index contributed by atoms with van der Waals surface area (Å²) in [7, 11) is 1.50. The lowest BCUT2D eigenvalue weighted by atomic mass is 9.98. The number of carbonyl (C=O) groups is 4. The maximum Gasteiger partial charge on any atom is 0.412 e. The van der Waals surface area contributed by atoms with E-state index in [1.54, 1.807) is 0 Å². The SMILES string of the molecule is Cn1nc(NC(=O)OCC2c3ccccc3-c3ccccc32)cc1C(=O)NCC(=O)NCC(=O)O.